The molecular weight excluding hydrogens is 394 g/mol. The normalized spacial score (nSPS) is 11.2. The second-order valence-electron chi connectivity index (χ2n) is 6.53. The molecule has 0 amide bonds. The lowest BCUT2D eigenvalue weighted by molar-refractivity contribution is 0.300. The van der Waals surface area contributed by atoms with Gasteiger partial charge in [0.2, 0.25) is 0 Å². The SMILES string of the molecule is CCn1c(=O)c2c(ncn2CCOc2ccccc2)n(-c2ccc(F)cc2F)c1=O. The molecule has 0 aliphatic heterocycles. The quantitative estimate of drug-likeness (QED) is 0.488. The minimum Gasteiger partial charge on any atom is -0.492 e. The van der Waals surface area contributed by atoms with E-state index in [-0.39, 0.29) is 36.5 Å². The molecule has 0 aliphatic rings. The Morgan fingerprint density at radius 1 is 1.07 bits per heavy atom. The number of hydrogen-bond donors (Lipinski definition) is 0. The van der Waals surface area contributed by atoms with Crippen molar-refractivity contribution in [2.24, 2.45) is 0 Å². The Morgan fingerprint density at radius 3 is 2.53 bits per heavy atom. The number of fused-ring (bicyclic) bond motifs is 1. The van der Waals surface area contributed by atoms with Crippen molar-refractivity contribution in [2.75, 3.05) is 6.61 Å². The lowest BCUT2D eigenvalue weighted by atomic mass is 10.3. The van der Waals surface area contributed by atoms with Gasteiger partial charge in [-0.05, 0) is 31.2 Å². The first kappa shape index (κ1) is 19.6. The molecule has 7 nitrogen and oxygen atoms in total. The standard InChI is InChI=1S/C21H18F2N4O3/c1-2-26-20(28)18-19(27(21(26)29)17-9-8-14(22)12-16(17)23)24-13-25(18)10-11-30-15-6-4-3-5-7-15/h3-9,12-13H,2,10-11H2,1H3. The first-order valence-electron chi connectivity index (χ1n) is 9.35. The van der Waals surface area contributed by atoms with E-state index in [1.807, 2.05) is 30.3 Å². The summed E-state index contributed by atoms with van der Waals surface area (Å²) in [5, 5.41) is 0. The number of halogens is 2. The van der Waals surface area contributed by atoms with E-state index in [9.17, 15) is 18.4 Å². The minimum atomic E-state index is -0.929. The molecule has 2 heterocycles. The van der Waals surface area contributed by atoms with Crippen molar-refractivity contribution in [3.8, 4) is 11.4 Å². The minimum absolute atomic E-state index is 0.0000747. The van der Waals surface area contributed by atoms with E-state index in [2.05, 4.69) is 4.98 Å². The number of ether oxygens (including phenoxy) is 1. The maximum atomic E-state index is 14.4. The molecule has 9 heteroatoms. The number of hydrogen-bond acceptors (Lipinski definition) is 4. The van der Waals surface area contributed by atoms with Crippen molar-refractivity contribution >= 4 is 11.2 Å². The van der Waals surface area contributed by atoms with Gasteiger partial charge in [0.25, 0.3) is 5.56 Å². The number of nitrogens with zero attached hydrogens (tertiary/aromatic N) is 4. The largest absolute Gasteiger partial charge is 0.492 e. The second kappa shape index (κ2) is 7.94. The van der Waals surface area contributed by atoms with Crippen molar-refractivity contribution in [3.63, 3.8) is 0 Å². The topological polar surface area (TPSA) is 71.0 Å². The third-order valence-electron chi connectivity index (χ3n) is 4.71. The summed E-state index contributed by atoms with van der Waals surface area (Å²) in [7, 11) is 0. The van der Waals surface area contributed by atoms with Crippen molar-refractivity contribution in [3.05, 3.63) is 87.3 Å². The molecule has 0 spiro atoms. The molecule has 0 N–H and O–H groups in total. The summed E-state index contributed by atoms with van der Waals surface area (Å²) in [5.41, 5.74) is -1.32. The molecule has 0 aliphatic carbocycles. The van der Waals surface area contributed by atoms with E-state index < -0.39 is 22.9 Å². The molecule has 0 unspecified atom stereocenters. The first-order valence-corrected chi connectivity index (χ1v) is 9.35. The maximum Gasteiger partial charge on any atom is 0.337 e. The molecule has 30 heavy (non-hydrogen) atoms. The van der Waals surface area contributed by atoms with E-state index in [4.69, 9.17) is 4.74 Å². The monoisotopic (exact) mass is 412 g/mol. The van der Waals surface area contributed by atoms with Crippen molar-refractivity contribution in [1.29, 1.82) is 0 Å². The number of rotatable bonds is 6. The van der Waals surface area contributed by atoms with Crippen molar-refractivity contribution in [2.45, 2.75) is 20.0 Å². The fraction of sp³-hybridized carbons (Fsp3) is 0.190. The Morgan fingerprint density at radius 2 is 1.83 bits per heavy atom. The zero-order valence-electron chi connectivity index (χ0n) is 16.1. The average Bonchev–Trinajstić information content (AvgIpc) is 3.14. The van der Waals surface area contributed by atoms with Crippen molar-refractivity contribution < 1.29 is 13.5 Å². The number of aromatic nitrogens is 4. The first-order chi connectivity index (χ1) is 14.5. The van der Waals surface area contributed by atoms with Gasteiger partial charge in [-0.1, -0.05) is 18.2 Å². The van der Waals surface area contributed by atoms with Crippen LogP contribution >= 0.6 is 0 Å². The third kappa shape index (κ3) is 3.38. The summed E-state index contributed by atoms with van der Waals surface area (Å²) in [6, 6.07) is 12.1. The van der Waals surface area contributed by atoms with Gasteiger partial charge in [-0.25, -0.2) is 23.1 Å². The van der Waals surface area contributed by atoms with Crippen LogP contribution < -0.4 is 16.0 Å². The predicted molar refractivity (Wildman–Crippen MR) is 107 cm³/mol. The highest BCUT2D eigenvalue weighted by atomic mass is 19.1. The van der Waals surface area contributed by atoms with Crippen LogP contribution in [-0.4, -0.2) is 25.3 Å². The van der Waals surface area contributed by atoms with Gasteiger partial charge < -0.3 is 9.30 Å². The molecule has 4 rings (SSSR count). The van der Waals surface area contributed by atoms with E-state index >= 15 is 0 Å². The third-order valence-corrected chi connectivity index (χ3v) is 4.71. The van der Waals surface area contributed by atoms with E-state index in [1.165, 1.54) is 6.33 Å². The lowest BCUT2D eigenvalue weighted by Gasteiger charge is -2.12. The van der Waals surface area contributed by atoms with E-state index in [1.54, 1.807) is 11.5 Å². The fourth-order valence-corrected chi connectivity index (χ4v) is 3.29. The predicted octanol–water partition coefficient (Wildman–Crippen LogP) is 2.73. The molecule has 0 atom stereocenters. The van der Waals surface area contributed by atoms with Gasteiger partial charge in [-0.3, -0.25) is 9.36 Å². The van der Waals surface area contributed by atoms with Gasteiger partial charge in [0.05, 0.1) is 18.6 Å². The van der Waals surface area contributed by atoms with Gasteiger partial charge >= 0.3 is 5.69 Å². The molecule has 154 valence electrons. The Balaban J connectivity index is 1.81. The number of imidazole rings is 1. The summed E-state index contributed by atoms with van der Waals surface area (Å²) in [5.74, 6) is -1.02. The van der Waals surface area contributed by atoms with Gasteiger partial charge in [0.15, 0.2) is 11.2 Å². The van der Waals surface area contributed by atoms with E-state index in [0.717, 1.165) is 21.3 Å². The molecule has 0 radical (unpaired) electrons. The highest BCUT2D eigenvalue weighted by Crippen LogP contribution is 2.17. The Hall–Kier alpha value is -3.75. The highest BCUT2D eigenvalue weighted by Gasteiger charge is 2.20. The van der Waals surface area contributed by atoms with Gasteiger partial charge in [-0.2, -0.15) is 0 Å². The van der Waals surface area contributed by atoms with Crippen LogP contribution in [-0.2, 0) is 13.1 Å². The highest BCUT2D eigenvalue weighted by molar-refractivity contribution is 5.72. The molecule has 0 fully saturated rings. The average molecular weight is 412 g/mol. The van der Waals surface area contributed by atoms with Crippen LogP contribution in [0.15, 0.2) is 64.4 Å². The summed E-state index contributed by atoms with van der Waals surface area (Å²) >= 11 is 0. The number of para-hydroxylation sites is 1. The molecular formula is C21H18F2N4O3. The van der Waals surface area contributed by atoms with E-state index in [0.29, 0.717) is 11.8 Å². The lowest BCUT2D eigenvalue weighted by Crippen LogP contribution is -2.40. The van der Waals surface area contributed by atoms with Crippen LogP contribution in [0.3, 0.4) is 0 Å². The zero-order chi connectivity index (χ0) is 21.3. The molecule has 4 aromatic rings. The van der Waals surface area contributed by atoms with Crippen LogP contribution in [0.25, 0.3) is 16.9 Å². The smallest absolute Gasteiger partial charge is 0.337 e. The molecule has 2 aromatic carbocycles. The van der Waals surface area contributed by atoms with Gasteiger partial charge in [0, 0.05) is 12.6 Å². The molecule has 0 saturated heterocycles. The molecule has 0 bridgehead atoms. The molecule has 0 saturated carbocycles. The summed E-state index contributed by atoms with van der Waals surface area (Å²) in [4.78, 5) is 30.0. The fourth-order valence-electron chi connectivity index (χ4n) is 3.29. The summed E-state index contributed by atoms with van der Waals surface area (Å²) in [6.07, 6.45) is 1.40. The van der Waals surface area contributed by atoms with Crippen LogP contribution in [0.1, 0.15) is 6.92 Å². The Kier molecular flexibility index (Phi) is 5.18. The Bertz CT molecular complexity index is 1330. The zero-order valence-corrected chi connectivity index (χ0v) is 16.1. The molecule has 2 aromatic heterocycles. The summed E-state index contributed by atoms with van der Waals surface area (Å²) < 4.78 is 37.0. The van der Waals surface area contributed by atoms with Crippen LogP contribution in [0.4, 0.5) is 8.78 Å². The summed E-state index contributed by atoms with van der Waals surface area (Å²) in [6.45, 7) is 2.26. The van der Waals surface area contributed by atoms with Crippen LogP contribution in [0, 0.1) is 11.6 Å². The van der Waals surface area contributed by atoms with Gasteiger partial charge in [-0.15, -0.1) is 0 Å². The second-order valence-corrected chi connectivity index (χ2v) is 6.53. The maximum absolute atomic E-state index is 14.4. The van der Waals surface area contributed by atoms with Crippen LogP contribution in [0.5, 0.6) is 5.75 Å². The Labute approximate surface area is 169 Å². The van der Waals surface area contributed by atoms with Gasteiger partial charge in [0.1, 0.15) is 24.0 Å². The number of benzene rings is 2. The van der Waals surface area contributed by atoms with Crippen LogP contribution in [0.2, 0.25) is 0 Å². The van der Waals surface area contributed by atoms with Crippen molar-refractivity contribution in [1.82, 2.24) is 18.7 Å².